The number of nitrogens with one attached hydrogen (secondary N) is 2. The van der Waals surface area contributed by atoms with Gasteiger partial charge < -0.3 is 15.4 Å². The topological polar surface area (TPSA) is 74.2 Å². The number of rotatable bonds is 5. The van der Waals surface area contributed by atoms with Gasteiger partial charge in [0.2, 0.25) is 5.91 Å². The lowest BCUT2D eigenvalue weighted by atomic mass is 10.1. The summed E-state index contributed by atoms with van der Waals surface area (Å²) in [5.41, 5.74) is 0.821. The maximum Gasteiger partial charge on any atom is 0.238 e. The zero-order valence-electron chi connectivity index (χ0n) is 11.9. The van der Waals surface area contributed by atoms with Gasteiger partial charge in [0.25, 0.3) is 0 Å². The van der Waals surface area contributed by atoms with Gasteiger partial charge in [-0.25, -0.2) is 0 Å². The minimum Gasteiger partial charge on any atom is -0.377 e. The van der Waals surface area contributed by atoms with Crippen LogP contribution in [0.15, 0.2) is 18.2 Å². The highest BCUT2D eigenvalue weighted by Crippen LogP contribution is 2.20. The average molecular weight is 308 g/mol. The van der Waals surface area contributed by atoms with Crippen LogP contribution in [0.3, 0.4) is 0 Å². The van der Waals surface area contributed by atoms with Crippen LogP contribution in [-0.2, 0) is 9.53 Å². The van der Waals surface area contributed by atoms with Crippen molar-refractivity contribution in [1.82, 2.24) is 5.32 Å². The minimum atomic E-state index is -0.210. The monoisotopic (exact) mass is 307 g/mol. The second kappa shape index (κ2) is 7.41. The Morgan fingerprint density at radius 1 is 1.62 bits per heavy atom. The quantitative estimate of drug-likeness (QED) is 0.875. The molecule has 0 saturated carbocycles. The highest BCUT2D eigenvalue weighted by atomic mass is 35.5. The van der Waals surface area contributed by atoms with E-state index in [0.29, 0.717) is 16.3 Å². The van der Waals surface area contributed by atoms with Crippen molar-refractivity contribution >= 4 is 23.2 Å². The molecule has 0 bridgehead atoms. The van der Waals surface area contributed by atoms with E-state index in [1.165, 1.54) is 0 Å². The summed E-state index contributed by atoms with van der Waals surface area (Å²) in [6, 6.07) is 6.92. The molecule has 0 spiro atoms. The summed E-state index contributed by atoms with van der Waals surface area (Å²) in [5.74, 6) is -0.210. The second-order valence-electron chi connectivity index (χ2n) is 5.07. The van der Waals surface area contributed by atoms with Crippen LogP contribution in [0.5, 0.6) is 0 Å². The lowest BCUT2D eigenvalue weighted by Crippen LogP contribution is -2.41. The van der Waals surface area contributed by atoms with Crippen LogP contribution in [0, 0.1) is 11.3 Å². The van der Waals surface area contributed by atoms with E-state index in [0.717, 1.165) is 19.4 Å². The normalized spacial score (nSPS) is 19.0. The van der Waals surface area contributed by atoms with Gasteiger partial charge in [0.05, 0.1) is 23.9 Å². The van der Waals surface area contributed by atoms with Crippen LogP contribution >= 0.6 is 11.6 Å². The Morgan fingerprint density at radius 2 is 2.43 bits per heavy atom. The van der Waals surface area contributed by atoms with Gasteiger partial charge in [0, 0.05) is 17.7 Å². The summed E-state index contributed by atoms with van der Waals surface area (Å²) in [6.45, 7) is 2.96. The van der Waals surface area contributed by atoms with E-state index in [-0.39, 0.29) is 24.6 Å². The number of amides is 1. The lowest BCUT2D eigenvalue weighted by Gasteiger charge is -2.19. The number of carbonyl (C=O) groups excluding carboxylic acids is 1. The van der Waals surface area contributed by atoms with Crippen LogP contribution in [-0.4, -0.2) is 31.2 Å². The summed E-state index contributed by atoms with van der Waals surface area (Å²) < 4.78 is 5.56. The van der Waals surface area contributed by atoms with E-state index in [4.69, 9.17) is 21.6 Å². The third-order valence-electron chi connectivity index (χ3n) is 3.48. The summed E-state index contributed by atoms with van der Waals surface area (Å²) in [4.78, 5) is 11.9. The Morgan fingerprint density at radius 3 is 3.10 bits per heavy atom. The molecular weight excluding hydrogens is 290 g/mol. The Labute approximate surface area is 129 Å². The predicted molar refractivity (Wildman–Crippen MR) is 81.2 cm³/mol. The first kappa shape index (κ1) is 15.8. The maximum absolute atomic E-state index is 11.9. The van der Waals surface area contributed by atoms with Gasteiger partial charge in [-0.2, -0.15) is 5.26 Å². The van der Waals surface area contributed by atoms with Crippen LogP contribution in [0.2, 0.25) is 5.02 Å². The molecule has 0 unspecified atom stereocenters. The molecule has 2 N–H and O–H groups in total. The minimum absolute atomic E-state index is 0.119. The van der Waals surface area contributed by atoms with Crippen molar-refractivity contribution in [3.8, 4) is 6.07 Å². The van der Waals surface area contributed by atoms with Crippen molar-refractivity contribution in [3.05, 3.63) is 28.8 Å². The van der Waals surface area contributed by atoms with Gasteiger partial charge >= 0.3 is 0 Å². The van der Waals surface area contributed by atoms with Crippen molar-refractivity contribution in [1.29, 1.82) is 5.26 Å². The Kier molecular flexibility index (Phi) is 5.57. The SMILES string of the molecule is C[C@@H](NCC(=O)Nc1cc(Cl)ccc1C#N)[C@H]1CCCO1. The molecule has 6 heteroatoms. The van der Waals surface area contributed by atoms with Gasteiger partial charge in [0.15, 0.2) is 0 Å². The van der Waals surface area contributed by atoms with Crippen LogP contribution < -0.4 is 10.6 Å². The number of hydrogen-bond acceptors (Lipinski definition) is 4. The van der Waals surface area contributed by atoms with Crippen LogP contribution in [0.4, 0.5) is 5.69 Å². The molecular formula is C15H18ClN3O2. The van der Waals surface area contributed by atoms with Gasteiger partial charge in [-0.05, 0) is 38.0 Å². The molecule has 1 amide bonds. The zero-order valence-corrected chi connectivity index (χ0v) is 12.6. The van der Waals surface area contributed by atoms with E-state index < -0.39 is 0 Å². The molecule has 0 aromatic heterocycles. The van der Waals surface area contributed by atoms with E-state index in [2.05, 4.69) is 10.6 Å². The number of halogens is 1. The van der Waals surface area contributed by atoms with Crippen LogP contribution in [0.1, 0.15) is 25.3 Å². The first-order valence-corrected chi connectivity index (χ1v) is 7.32. The summed E-state index contributed by atoms with van der Waals surface area (Å²) in [6.07, 6.45) is 2.25. The first-order chi connectivity index (χ1) is 10.1. The third-order valence-corrected chi connectivity index (χ3v) is 3.72. The molecule has 1 heterocycles. The smallest absolute Gasteiger partial charge is 0.238 e. The zero-order chi connectivity index (χ0) is 15.2. The van der Waals surface area contributed by atoms with E-state index in [1.54, 1.807) is 18.2 Å². The lowest BCUT2D eigenvalue weighted by molar-refractivity contribution is -0.115. The van der Waals surface area contributed by atoms with E-state index >= 15 is 0 Å². The molecule has 1 fully saturated rings. The molecule has 0 aliphatic carbocycles. The highest BCUT2D eigenvalue weighted by Gasteiger charge is 2.22. The highest BCUT2D eigenvalue weighted by molar-refractivity contribution is 6.31. The molecule has 1 aliphatic rings. The molecule has 1 aliphatic heterocycles. The number of nitriles is 1. The summed E-state index contributed by atoms with van der Waals surface area (Å²) in [7, 11) is 0. The van der Waals surface area contributed by atoms with Crippen LogP contribution in [0.25, 0.3) is 0 Å². The average Bonchev–Trinajstić information content (AvgIpc) is 2.99. The number of hydrogen-bond donors (Lipinski definition) is 2. The maximum atomic E-state index is 11.9. The number of ether oxygens (including phenoxy) is 1. The van der Waals surface area contributed by atoms with Crippen molar-refractivity contribution in [2.24, 2.45) is 0 Å². The predicted octanol–water partition coefficient (Wildman–Crippen LogP) is 2.31. The fraction of sp³-hybridized carbons (Fsp3) is 0.467. The molecule has 2 atom stereocenters. The molecule has 2 rings (SSSR count). The number of carbonyl (C=O) groups is 1. The Bertz CT molecular complexity index is 550. The molecule has 1 saturated heterocycles. The molecule has 5 nitrogen and oxygen atoms in total. The fourth-order valence-electron chi connectivity index (χ4n) is 2.29. The molecule has 0 radical (unpaired) electrons. The molecule has 21 heavy (non-hydrogen) atoms. The number of benzene rings is 1. The summed E-state index contributed by atoms with van der Waals surface area (Å²) >= 11 is 5.88. The number of nitrogens with zero attached hydrogens (tertiary/aromatic N) is 1. The third kappa shape index (κ3) is 4.43. The van der Waals surface area contributed by atoms with Crippen molar-refractivity contribution in [2.75, 3.05) is 18.5 Å². The first-order valence-electron chi connectivity index (χ1n) is 6.94. The largest absolute Gasteiger partial charge is 0.377 e. The molecule has 112 valence electrons. The van der Waals surface area contributed by atoms with Gasteiger partial charge in [0.1, 0.15) is 6.07 Å². The van der Waals surface area contributed by atoms with Crippen molar-refractivity contribution in [2.45, 2.75) is 31.9 Å². The second-order valence-corrected chi connectivity index (χ2v) is 5.51. The van der Waals surface area contributed by atoms with E-state index in [9.17, 15) is 4.79 Å². The van der Waals surface area contributed by atoms with Gasteiger partial charge in [-0.15, -0.1) is 0 Å². The Hall–Kier alpha value is -1.61. The molecule has 1 aromatic carbocycles. The van der Waals surface area contributed by atoms with Gasteiger partial charge in [-0.1, -0.05) is 11.6 Å². The fourth-order valence-corrected chi connectivity index (χ4v) is 2.47. The number of anilines is 1. The molecule has 1 aromatic rings. The Balaban J connectivity index is 1.87. The van der Waals surface area contributed by atoms with Crippen molar-refractivity contribution in [3.63, 3.8) is 0 Å². The van der Waals surface area contributed by atoms with Gasteiger partial charge in [-0.3, -0.25) is 4.79 Å². The summed E-state index contributed by atoms with van der Waals surface area (Å²) in [5, 5.41) is 15.3. The van der Waals surface area contributed by atoms with Crippen molar-refractivity contribution < 1.29 is 9.53 Å². The van der Waals surface area contributed by atoms with E-state index in [1.807, 2.05) is 13.0 Å². The standard InChI is InChI=1S/C15H18ClN3O2/c1-10(14-3-2-6-21-14)18-9-15(20)19-13-7-12(16)5-4-11(13)8-17/h4-5,7,10,14,18H,2-3,6,9H2,1H3,(H,19,20)/t10-,14-/m1/s1.